The molecule has 3 rings (SSSR count). The molecule has 0 radical (unpaired) electrons. The Balaban J connectivity index is 1.76. The molecule has 1 aromatic rings. The minimum atomic E-state index is -0.327. The van der Waals surface area contributed by atoms with Gasteiger partial charge in [0.05, 0.1) is 12.5 Å². The number of ether oxygens (including phenoxy) is 2. The number of nitrogens with zero attached hydrogens (tertiary/aromatic N) is 4. The molecule has 18 heavy (non-hydrogen) atoms. The van der Waals surface area contributed by atoms with Crippen molar-refractivity contribution in [2.24, 2.45) is 0 Å². The maximum absolute atomic E-state index is 5.32. The Morgan fingerprint density at radius 1 is 0.667 bits per heavy atom. The summed E-state index contributed by atoms with van der Waals surface area (Å²) in [4.78, 5) is 0. The van der Waals surface area contributed by atoms with Crippen molar-refractivity contribution in [3.05, 3.63) is 60.6 Å². The van der Waals surface area contributed by atoms with E-state index in [0.717, 1.165) is 0 Å². The van der Waals surface area contributed by atoms with E-state index in [-0.39, 0.29) is 12.2 Å². The number of hydrogen-bond acceptors (Lipinski definition) is 6. The highest BCUT2D eigenvalue weighted by Gasteiger charge is 2.18. The number of allylic oxidation sites excluding steroid dienone is 4. The fraction of sp³-hybridized carbons (Fsp3) is 0.167. The van der Waals surface area contributed by atoms with Crippen LogP contribution in [0, 0.1) is 0 Å². The summed E-state index contributed by atoms with van der Waals surface area (Å²) in [6.45, 7) is 0. The molecule has 0 aromatic carbocycles. The normalized spacial score (nSPS) is 24.7. The standard InChI is InChI=1S/C12H10N4O2/c1-3-7-17-9(5-1)11-13-15-12(16-14-11)10-6-2-4-8-18-10/h1-10H. The molecule has 0 saturated carbocycles. The Kier molecular flexibility index (Phi) is 2.83. The van der Waals surface area contributed by atoms with Crippen molar-refractivity contribution in [2.45, 2.75) is 12.2 Å². The van der Waals surface area contributed by atoms with E-state index in [4.69, 9.17) is 9.47 Å². The number of rotatable bonds is 2. The van der Waals surface area contributed by atoms with Gasteiger partial charge in [0.15, 0.2) is 12.2 Å². The lowest BCUT2D eigenvalue weighted by molar-refractivity contribution is 0.164. The molecule has 2 atom stereocenters. The average molecular weight is 242 g/mol. The van der Waals surface area contributed by atoms with E-state index >= 15 is 0 Å². The number of hydrogen-bond donors (Lipinski definition) is 0. The molecule has 0 saturated heterocycles. The third-order valence-electron chi connectivity index (χ3n) is 2.42. The van der Waals surface area contributed by atoms with Crippen molar-refractivity contribution in [3.8, 4) is 0 Å². The van der Waals surface area contributed by atoms with Crippen LogP contribution in [0.15, 0.2) is 49.0 Å². The van der Waals surface area contributed by atoms with Crippen molar-refractivity contribution in [1.29, 1.82) is 0 Å². The third kappa shape index (κ3) is 2.13. The lowest BCUT2D eigenvalue weighted by Crippen LogP contribution is -2.13. The van der Waals surface area contributed by atoms with E-state index in [1.165, 1.54) is 0 Å². The third-order valence-corrected chi connectivity index (χ3v) is 2.42. The van der Waals surface area contributed by atoms with Crippen LogP contribution in [0.4, 0.5) is 0 Å². The van der Waals surface area contributed by atoms with Gasteiger partial charge in [-0.25, -0.2) is 0 Å². The van der Waals surface area contributed by atoms with Crippen molar-refractivity contribution in [1.82, 2.24) is 20.4 Å². The molecule has 3 heterocycles. The van der Waals surface area contributed by atoms with Gasteiger partial charge in [0.25, 0.3) is 0 Å². The predicted octanol–water partition coefficient (Wildman–Crippen LogP) is 1.55. The van der Waals surface area contributed by atoms with Crippen LogP contribution in [-0.2, 0) is 9.47 Å². The van der Waals surface area contributed by atoms with Gasteiger partial charge in [0.2, 0.25) is 11.6 Å². The first-order valence-corrected chi connectivity index (χ1v) is 5.48. The molecule has 0 fully saturated rings. The second-order valence-electron chi connectivity index (χ2n) is 3.66. The first-order chi connectivity index (χ1) is 8.93. The zero-order valence-electron chi connectivity index (χ0n) is 9.38. The van der Waals surface area contributed by atoms with Crippen LogP contribution in [0.3, 0.4) is 0 Å². The van der Waals surface area contributed by atoms with E-state index in [1.807, 2.05) is 24.3 Å². The van der Waals surface area contributed by atoms with Gasteiger partial charge in [-0.3, -0.25) is 0 Å². The van der Waals surface area contributed by atoms with Gasteiger partial charge in [-0.1, -0.05) is 12.2 Å². The monoisotopic (exact) mass is 242 g/mol. The smallest absolute Gasteiger partial charge is 0.217 e. The lowest BCUT2D eigenvalue weighted by atomic mass is 10.2. The molecule has 6 heteroatoms. The van der Waals surface area contributed by atoms with Gasteiger partial charge in [-0.15, -0.1) is 20.4 Å². The summed E-state index contributed by atoms with van der Waals surface area (Å²) in [6.07, 6.45) is 13.5. The van der Waals surface area contributed by atoms with Gasteiger partial charge in [-0.05, 0) is 24.3 Å². The van der Waals surface area contributed by atoms with E-state index in [1.54, 1.807) is 24.7 Å². The first-order valence-electron chi connectivity index (χ1n) is 5.48. The first kappa shape index (κ1) is 10.6. The number of aromatic nitrogens is 4. The van der Waals surface area contributed by atoms with Crippen LogP contribution in [0.25, 0.3) is 0 Å². The van der Waals surface area contributed by atoms with E-state index in [9.17, 15) is 0 Å². The van der Waals surface area contributed by atoms with E-state index in [2.05, 4.69) is 20.4 Å². The van der Waals surface area contributed by atoms with Crippen molar-refractivity contribution < 1.29 is 9.47 Å². The Morgan fingerprint density at radius 2 is 1.11 bits per heavy atom. The zero-order valence-corrected chi connectivity index (χ0v) is 9.38. The topological polar surface area (TPSA) is 70.0 Å². The Hall–Kier alpha value is -2.50. The summed E-state index contributed by atoms with van der Waals surface area (Å²) < 4.78 is 10.6. The van der Waals surface area contributed by atoms with E-state index < -0.39 is 0 Å². The van der Waals surface area contributed by atoms with Crippen LogP contribution >= 0.6 is 0 Å². The van der Waals surface area contributed by atoms with Crippen LogP contribution in [0.1, 0.15) is 23.9 Å². The molecule has 2 aliphatic rings. The summed E-state index contributed by atoms with van der Waals surface area (Å²) >= 11 is 0. The SMILES string of the molecule is C1=COC(c2nnc(C3C=CC=CO3)nn2)C=C1. The molecular formula is C12H10N4O2. The minimum Gasteiger partial charge on any atom is -0.486 e. The van der Waals surface area contributed by atoms with Crippen LogP contribution in [0.5, 0.6) is 0 Å². The van der Waals surface area contributed by atoms with Crippen molar-refractivity contribution >= 4 is 0 Å². The molecule has 1 aromatic heterocycles. The lowest BCUT2D eigenvalue weighted by Gasteiger charge is -2.14. The van der Waals surface area contributed by atoms with Gasteiger partial charge in [0, 0.05) is 0 Å². The van der Waals surface area contributed by atoms with Crippen LogP contribution in [0.2, 0.25) is 0 Å². The molecule has 0 spiro atoms. The molecule has 6 nitrogen and oxygen atoms in total. The molecular weight excluding hydrogens is 232 g/mol. The quantitative estimate of drug-likeness (QED) is 0.783. The van der Waals surface area contributed by atoms with Crippen molar-refractivity contribution in [2.75, 3.05) is 0 Å². The second kappa shape index (κ2) is 4.79. The van der Waals surface area contributed by atoms with Gasteiger partial charge < -0.3 is 9.47 Å². The average Bonchev–Trinajstić information content (AvgIpc) is 2.49. The Labute approximate surface area is 103 Å². The highest BCUT2D eigenvalue weighted by molar-refractivity contribution is 5.14. The summed E-state index contributed by atoms with van der Waals surface area (Å²) in [5.41, 5.74) is 0. The zero-order chi connectivity index (χ0) is 12.2. The van der Waals surface area contributed by atoms with Crippen molar-refractivity contribution in [3.63, 3.8) is 0 Å². The minimum absolute atomic E-state index is 0.327. The van der Waals surface area contributed by atoms with Crippen LogP contribution in [-0.4, -0.2) is 20.4 Å². The maximum atomic E-state index is 5.32. The molecule has 2 aliphatic heterocycles. The predicted molar refractivity (Wildman–Crippen MR) is 61.8 cm³/mol. The summed E-state index contributed by atoms with van der Waals surface area (Å²) in [5.74, 6) is 0.851. The summed E-state index contributed by atoms with van der Waals surface area (Å²) in [6, 6.07) is 0. The molecule has 0 amide bonds. The molecule has 2 unspecified atom stereocenters. The molecule has 0 N–H and O–H groups in total. The van der Waals surface area contributed by atoms with Gasteiger partial charge in [0.1, 0.15) is 0 Å². The maximum Gasteiger partial charge on any atom is 0.217 e. The van der Waals surface area contributed by atoms with Gasteiger partial charge >= 0.3 is 0 Å². The van der Waals surface area contributed by atoms with Crippen LogP contribution < -0.4 is 0 Å². The highest BCUT2D eigenvalue weighted by atomic mass is 16.5. The molecule has 0 bridgehead atoms. The largest absolute Gasteiger partial charge is 0.486 e. The fourth-order valence-electron chi connectivity index (χ4n) is 1.54. The van der Waals surface area contributed by atoms with E-state index in [0.29, 0.717) is 11.6 Å². The molecule has 0 aliphatic carbocycles. The Bertz CT molecular complexity index is 485. The fourth-order valence-corrected chi connectivity index (χ4v) is 1.54. The van der Waals surface area contributed by atoms with Gasteiger partial charge in [-0.2, -0.15) is 0 Å². The molecule has 90 valence electrons. The second-order valence-corrected chi connectivity index (χ2v) is 3.66. The summed E-state index contributed by atoms with van der Waals surface area (Å²) in [5, 5.41) is 16.0. The Morgan fingerprint density at radius 3 is 1.44 bits per heavy atom. The highest BCUT2D eigenvalue weighted by Crippen LogP contribution is 2.19. The summed E-state index contributed by atoms with van der Waals surface area (Å²) in [7, 11) is 0.